The number of rotatable bonds is 10. The molecule has 2 rings (SSSR count). The van der Waals surface area contributed by atoms with Crippen molar-refractivity contribution < 1.29 is 38.9 Å². The minimum atomic E-state index is -2.11. The fraction of sp³-hybridized carbons (Fsp3) is 0.586. The van der Waals surface area contributed by atoms with Crippen LogP contribution in [0.5, 0.6) is 0 Å². The van der Waals surface area contributed by atoms with Crippen LogP contribution in [0.2, 0.25) is 26.2 Å². The molecule has 0 fully saturated rings. The quantitative estimate of drug-likeness (QED) is 0.187. The van der Waals surface area contributed by atoms with Crippen molar-refractivity contribution in [3.05, 3.63) is 48.5 Å². The summed E-state index contributed by atoms with van der Waals surface area (Å²) in [7, 11) is -5.53. The monoisotopic (exact) mass is 836 g/mol. The Morgan fingerprint density at radius 3 is 1.08 bits per heavy atom. The van der Waals surface area contributed by atoms with E-state index in [0.717, 1.165) is 0 Å². The molecule has 0 aliphatic heterocycles. The summed E-state index contributed by atoms with van der Waals surface area (Å²) in [6.07, 6.45) is 0. The molecule has 0 amide bonds. The van der Waals surface area contributed by atoms with Crippen molar-refractivity contribution in [2.75, 3.05) is 5.34 Å². The van der Waals surface area contributed by atoms with Crippen molar-refractivity contribution in [2.45, 2.75) is 104 Å². The molecule has 0 aromatic heterocycles. The van der Waals surface area contributed by atoms with Gasteiger partial charge in [0.25, 0.3) is 0 Å². The van der Waals surface area contributed by atoms with Crippen LogP contribution in [-0.2, 0) is 26.5 Å². The van der Waals surface area contributed by atoms with Crippen LogP contribution in [0.25, 0.3) is 0 Å². The molecule has 0 radical (unpaired) electrons. The van der Waals surface area contributed by atoms with E-state index >= 15 is 0 Å². The van der Waals surface area contributed by atoms with E-state index in [-0.39, 0.29) is 40.1 Å². The first-order chi connectivity index (χ1) is 16.6. The van der Waals surface area contributed by atoms with Gasteiger partial charge in [-0.1, -0.05) is 36.4 Å². The number of halogens is 3. The van der Waals surface area contributed by atoms with Crippen LogP contribution < -0.4 is 33.4 Å². The Balaban J connectivity index is 0. The molecule has 222 valence electrons. The van der Waals surface area contributed by atoms with E-state index in [1.54, 1.807) is 10.6 Å². The number of hydrogen-bond donors (Lipinski definition) is 0. The second-order valence-electron chi connectivity index (χ2n) is 11.8. The van der Waals surface area contributed by atoms with Gasteiger partial charge in [0.15, 0.2) is 0 Å². The van der Waals surface area contributed by atoms with E-state index in [9.17, 15) is 0 Å². The van der Waals surface area contributed by atoms with Crippen LogP contribution in [0.1, 0.15) is 55.4 Å². The van der Waals surface area contributed by atoms with Crippen molar-refractivity contribution in [3.8, 4) is 0 Å². The fourth-order valence-electron chi connectivity index (χ4n) is 5.84. The van der Waals surface area contributed by atoms with Crippen molar-refractivity contribution >= 4 is 76.7 Å². The van der Waals surface area contributed by atoms with Crippen LogP contribution in [0.4, 0.5) is 0 Å². The van der Waals surface area contributed by atoms with E-state index in [4.69, 9.17) is 27.3 Å². The Morgan fingerprint density at radius 1 is 0.605 bits per heavy atom. The van der Waals surface area contributed by atoms with E-state index in [1.807, 2.05) is 0 Å². The average molecular weight is 838 g/mol. The first-order valence-corrected chi connectivity index (χ1v) is 23.6. The second kappa shape index (κ2) is 18.8. The number of hydrogen-bond acceptors (Lipinski definition) is 1. The van der Waals surface area contributed by atoms with E-state index in [1.165, 1.54) is 10.4 Å². The Hall–Kier alpha value is 1.30. The maximum atomic E-state index is 7.41. The van der Waals surface area contributed by atoms with Gasteiger partial charge in [0.1, 0.15) is 0 Å². The molecule has 0 unspecified atom stereocenters. The Bertz CT molecular complexity index is 854. The molecule has 0 aliphatic rings. The zero-order valence-corrected chi connectivity index (χ0v) is 33.9. The van der Waals surface area contributed by atoms with Crippen molar-refractivity contribution in [1.29, 1.82) is 0 Å². The molecule has 0 aliphatic carbocycles. The maximum Gasteiger partial charge on any atom is 1.00 e. The molecule has 2 aromatic rings. The largest absolute Gasteiger partial charge is 1.00 e. The van der Waals surface area contributed by atoms with E-state index < -0.39 is 32.5 Å². The van der Waals surface area contributed by atoms with Gasteiger partial charge in [-0.05, 0) is 93.7 Å². The van der Waals surface area contributed by atoms with Crippen molar-refractivity contribution in [2.24, 2.45) is 0 Å². The molecule has 0 atom stereocenters. The van der Waals surface area contributed by atoms with Gasteiger partial charge in [-0.2, -0.15) is 0 Å². The standard InChI is InChI=1S/C28H48OP2Si2.CH2Cl2.Au.ClH/c1-21(2)30(22(3)4)25-17-13-15-19-27(25)32(9,10)29-33(11,12)28-20-16-14-18-26(28)31(23(5)6)24(7)8;2-1-3;;/h13-24H,1-12H3;1H2;;1H/q;;+1;/p+1. The van der Waals surface area contributed by atoms with Crippen molar-refractivity contribution in [3.63, 3.8) is 0 Å². The smallest absolute Gasteiger partial charge is 1.00 e. The number of alkyl halides is 2. The van der Waals surface area contributed by atoms with Gasteiger partial charge in [0, 0.05) is 26.2 Å². The molecule has 1 nitrogen and oxygen atoms in total. The first kappa shape index (κ1) is 41.4. The van der Waals surface area contributed by atoms with Crippen LogP contribution in [0.3, 0.4) is 0 Å². The number of benzene rings is 2. The Morgan fingerprint density at radius 2 is 0.842 bits per heavy atom. The van der Waals surface area contributed by atoms with Gasteiger partial charge in [-0.15, -0.1) is 23.2 Å². The maximum absolute atomic E-state index is 7.41. The van der Waals surface area contributed by atoms with Crippen LogP contribution in [0, 0.1) is 0 Å². The fourth-order valence-corrected chi connectivity index (χ4v) is 23.5. The topological polar surface area (TPSA) is 9.23 Å². The molecule has 9 heteroatoms. The van der Waals surface area contributed by atoms with E-state index in [0.29, 0.717) is 22.6 Å². The predicted molar refractivity (Wildman–Crippen MR) is 181 cm³/mol. The first-order valence-electron chi connectivity index (χ1n) is 13.4. The SMILES string of the molecule is CC(C)[PH+](c1ccccc1[Si](C)(C)O[Si](C)(C)c1ccccc1[PH+](C(C)C)C(C)C)C(C)C.ClCCl.[Au+].[Cl-]. The Kier molecular flexibility index (Phi) is 20.5. The summed E-state index contributed by atoms with van der Waals surface area (Å²) in [5, 5.41) is 6.52. The molecule has 0 N–H and O–H groups in total. The second-order valence-corrected chi connectivity index (χ2v) is 28.1. The van der Waals surface area contributed by atoms with Gasteiger partial charge in [0.2, 0.25) is 16.6 Å². The predicted octanol–water partition coefficient (Wildman–Crippen LogP) is 4.96. The summed E-state index contributed by atoms with van der Waals surface area (Å²) >= 11 is 9.53. The summed E-state index contributed by atoms with van der Waals surface area (Å²) in [6.45, 7) is 29.1. The van der Waals surface area contributed by atoms with E-state index in [2.05, 4.69) is 130 Å². The summed E-state index contributed by atoms with van der Waals surface area (Å²) in [5.41, 5.74) is 2.87. The third kappa shape index (κ3) is 11.5. The van der Waals surface area contributed by atoms with Gasteiger partial charge in [-0.3, -0.25) is 0 Å². The molecule has 0 saturated carbocycles. The average Bonchev–Trinajstić information content (AvgIpc) is 2.73. The molecule has 38 heavy (non-hydrogen) atoms. The van der Waals surface area contributed by atoms with Crippen LogP contribution in [-0.4, -0.2) is 44.6 Å². The zero-order chi connectivity index (χ0) is 27.8. The summed E-state index contributed by atoms with van der Waals surface area (Å²) in [4.78, 5) is 0. The molecule has 0 saturated heterocycles. The van der Waals surface area contributed by atoms with Gasteiger partial charge >= 0.3 is 22.4 Å². The summed E-state index contributed by atoms with van der Waals surface area (Å²) in [6, 6.07) is 18.6. The zero-order valence-electron chi connectivity index (χ0n) is 25.5. The van der Waals surface area contributed by atoms with Crippen LogP contribution in [0.15, 0.2) is 48.5 Å². The third-order valence-corrected chi connectivity index (χ3v) is 21.9. The van der Waals surface area contributed by atoms with Crippen molar-refractivity contribution in [1.82, 2.24) is 0 Å². The minimum absolute atomic E-state index is 0. The van der Waals surface area contributed by atoms with Gasteiger partial charge < -0.3 is 16.5 Å². The Labute approximate surface area is 271 Å². The summed E-state index contributed by atoms with van der Waals surface area (Å²) in [5.74, 6) is 0. The molecule has 0 bridgehead atoms. The van der Waals surface area contributed by atoms with Crippen LogP contribution >= 0.6 is 39.0 Å². The molecule has 0 heterocycles. The molecular formula is C29H52AuCl3OP2Si2+2. The van der Waals surface area contributed by atoms with Gasteiger partial charge in [-0.25, -0.2) is 0 Å². The molecule has 0 spiro atoms. The molecular weight excluding hydrogens is 786 g/mol. The normalized spacial score (nSPS) is 12.1. The molecule has 2 aromatic carbocycles. The summed E-state index contributed by atoms with van der Waals surface area (Å²) < 4.78 is 7.41. The third-order valence-electron chi connectivity index (χ3n) is 6.77. The minimum Gasteiger partial charge on any atom is -1.00 e. The van der Waals surface area contributed by atoms with Gasteiger partial charge in [0.05, 0.1) is 38.6 Å².